The van der Waals surface area contributed by atoms with Crippen LogP contribution in [0.5, 0.6) is 0 Å². The number of anilines is 1. The van der Waals surface area contributed by atoms with Crippen LogP contribution in [0.2, 0.25) is 0 Å². The van der Waals surface area contributed by atoms with Crippen molar-refractivity contribution in [1.29, 1.82) is 0 Å². The van der Waals surface area contributed by atoms with E-state index in [9.17, 15) is 0 Å². The number of nitrogens with one attached hydrogen (secondary N) is 1. The number of fused-ring (bicyclic) bond motifs is 1. The Balaban J connectivity index is 1.83. The Morgan fingerprint density at radius 1 is 1.35 bits per heavy atom. The lowest BCUT2D eigenvalue weighted by atomic mass is 10.2. The van der Waals surface area contributed by atoms with Gasteiger partial charge in [-0.2, -0.15) is 0 Å². The third-order valence-corrected chi connectivity index (χ3v) is 4.02. The molecule has 0 saturated carbocycles. The Kier molecular flexibility index (Phi) is 3.02. The minimum absolute atomic E-state index is 0.631. The van der Waals surface area contributed by atoms with Gasteiger partial charge >= 0.3 is 0 Å². The van der Waals surface area contributed by atoms with Gasteiger partial charge in [-0.05, 0) is 50.8 Å². The second-order valence-corrected chi connectivity index (χ2v) is 5.18. The van der Waals surface area contributed by atoms with Crippen molar-refractivity contribution in [3.05, 3.63) is 23.4 Å². The minimum Gasteiger partial charge on any atom is -0.352 e. The van der Waals surface area contributed by atoms with E-state index >= 15 is 0 Å². The van der Waals surface area contributed by atoms with E-state index in [0.717, 1.165) is 13.1 Å². The number of nitrogens with zero attached hydrogens (tertiary/aromatic N) is 2. The molecule has 1 aliphatic carbocycles. The van der Waals surface area contributed by atoms with Gasteiger partial charge in [0.05, 0.1) is 0 Å². The third kappa shape index (κ3) is 2.04. The van der Waals surface area contributed by atoms with Gasteiger partial charge in [-0.3, -0.25) is 0 Å². The Bertz CT molecular complexity index is 402. The zero-order valence-electron chi connectivity index (χ0n) is 10.6. The van der Waals surface area contributed by atoms with E-state index in [-0.39, 0.29) is 0 Å². The predicted molar refractivity (Wildman–Crippen MR) is 70.6 cm³/mol. The summed E-state index contributed by atoms with van der Waals surface area (Å²) in [5.41, 5.74) is 2.82. The molecule has 2 aliphatic rings. The van der Waals surface area contributed by atoms with E-state index in [0.29, 0.717) is 6.04 Å². The first-order valence-corrected chi connectivity index (χ1v) is 6.78. The lowest BCUT2D eigenvalue weighted by Crippen LogP contribution is -2.37. The van der Waals surface area contributed by atoms with Gasteiger partial charge in [0.15, 0.2) is 0 Å². The molecule has 0 amide bonds. The van der Waals surface area contributed by atoms with Crippen molar-refractivity contribution in [3.63, 3.8) is 0 Å². The number of hydrogen-bond acceptors (Lipinski definition) is 3. The van der Waals surface area contributed by atoms with Crippen molar-refractivity contribution in [2.24, 2.45) is 0 Å². The van der Waals surface area contributed by atoms with Crippen molar-refractivity contribution < 1.29 is 0 Å². The molecule has 1 unspecified atom stereocenters. The molecule has 3 nitrogen and oxygen atoms in total. The zero-order valence-corrected chi connectivity index (χ0v) is 10.6. The summed E-state index contributed by atoms with van der Waals surface area (Å²) in [6.07, 6.45) is 6.27. The molecule has 92 valence electrons. The largest absolute Gasteiger partial charge is 0.352 e. The molecule has 1 aromatic heterocycles. The molecule has 1 N–H and O–H groups in total. The van der Waals surface area contributed by atoms with Crippen LogP contribution in [-0.4, -0.2) is 31.2 Å². The first kappa shape index (κ1) is 11.0. The molecule has 1 fully saturated rings. The first-order valence-electron chi connectivity index (χ1n) is 6.78. The summed E-state index contributed by atoms with van der Waals surface area (Å²) in [7, 11) is 2.03. The highest BCUT2D eigenvalue weighted by Crippen LogP contribution is 2.27. The number of aromatic nitrogens is 1. The van der Waals surface area contributed by atoms with Gasteiger partial charge in [0.2, 0.25) is 0 Å². The Morgan fingerprint density at radius 2 is 2.29 bits per heavy atom. The molecule has 0 bridgehead atoms. The van der Waals surface area contributed by atoms with E-state index in [1.807, 2.05) is 7.05 Å². The number of aryl methyl sites for hydroxylation is 2. The normalized spacial score (nSPS) is 23.1. The van der Waals surface area contributed by atoms with Crippen molar-refractivity contribution in [1.82, 2.24) is 10.3 Å². The molecule has 0 radical (unpaired) electrons. The van der Waals surface area contributed by atoms with Crippen LogP contribution in [0.4, 0.5) is 5.82 Å². The second-order valence-electron chi connectivity index (χ2n) is 5.18. The van der Waals surface area contributed by atoms with Crippen LogP contribution in [0, 0.1) is 0 Å². The smallest absolute Gasteiger partial charge is 0.129 e. The Morgan fingerprint density at radius 3 is 3.18 bits per heavy atom. The summed E-state index contributed by atoms with van der Waals surface area (Å²) in [6, 6.07) is 5.14. The molecular weight excluding hydrogens is 210 g/mol. The SMILES string of the molecule is CNCC1CCCN1c1ccc2c(n1)CCC2. The molecule has 1 atom stereocenters. The van der Waals surface area contributed by atoms with Crippen molar-refractivity contribution in [2.45, 2.75) is 38.1 Å². The molecule has 1 saturated heterocycles. The van der Waals surface area contributed by atoms with E-state index in [2.05, 4.69) is 22.3 Å². The van der Waals surface area contributed by atoms with E-state index in [4.69, 9.17) is 4.98 Å². The van der Waals surface area contributed by atoms with Crippen LogP contribution in [0.3, 0.4) is 0 Å². The van der Waals surface area contributed by atoms with E-state index in [1.54, 1.807) is 0 Å². The Labute approximate surface area is 103 Å². The van der Waals surface area contributed by atoms with Crippen LogP contribution in [0.25, 0.3) is 0 Å². The molecular formula is C14H21N3. The topological polar surface area (TPSA) is 28.2 Å². The van der Waals surface area contributed by atoms with E-state index < -0.39 is 0 Å². The molecule has 3 heteroatoms. The second kappa shape index (κ2) is 4.65. The summed E-state index contributed by atoms with van der Waals surface area (Å²) < 4.78 is 0. The van der Waals surface area contributed by atoms with Gasteiger partial charge in [0.1, 0.15) is 5.82 Å². The zero-order chi connectivity index (χ0) is 11.7. The molecule has 1 aromatic rings. The number of rotatable bonds is 3. The highest BCUT2D eigenvalue weighted by Gasteiger charge is 2.25. The molecule has 1 aliphatic heterocycles. The Hall–Kier alpha value is -1.09. The summed E-state index contributed by atoms with van der Waals surface area (Å²) in [5.74, 6) is 1.20. The van der Waals surface area contributed by atoms with Gasteiger partial charge in [-0.1, -0.05) is 6.07 Å². The number of pyridine rings is 1. The van der Waals surface area contributed by atoms with Crippen LogP contribution >= 0.6 is 0 Å². The molecule has 17 heavy (non-hydrogen) atoms. The maximum absolute atomic E-state index is 4.87. The molecule has 2 heterocycles. The maximum Gasteiger partial charge on any atom is 0.129 e. The van der Waals surface area contributed by atoms with Crippen molar-refractivity contribution >= 4 is 5.82 Å². The van der Waals surface area contributed by atoms with Crippen LogP contribution < -0.4 is 10.2 Å². The lowest BCUT2D eigenvalue weighted by Gasteiger charge is -2.26. The average Bonchev–Trinajstić information content (AvgIpc) is 2.96. The average molecular weight is 231 g/mol. The summed E-state index contributed by atoms with van der Waals surface area (Å²) >= 11 is 0. The first-order chi connectivity index (χ1) is 8.38. The lowest BCUT2D eigenvalue weighted by molar-refractivity contribution is 0.611. The summed E-state index contributed by atoms with van der Waals surface area (Å²) in [6.45, 7) is 2.23. The molecule has 3 rings (SSSR count). The molecule has 0 spiro atoms. The minimum atomic E-state index is 0.631. The van der Waals surface area contributed by atoms with Gasteiger partial charge in [0.25, 0.3) is 0 Å². The van der Waals surface area contributed by atoms with Gasteiger partial charge in [-0.15, -0.1) is 0 Å². The quantitative estimate of drug-likeness (QED) is 0.859. The fraction of sp³-hybridized carbons (Fsp3) is 0.643. The number of likely N-dealkylation sites (N-methyl/N-ethyl adjacent to an activating group) is 1. The highest BCUT2D eigenvalue weighted by molar-refractivity contribution is 5.45. The van der Waals surface area contributed by atoms with Gasteiger partial charge in [0, 0.05) is 24.8 Å². The van der Waals surface area contributed by atoms with Crippen molar-refractivity contribution in [3.8, 4) is 0 Å². The van der Waals surface area contributed by atoms with Crippen molar-refractivity contribution in [2.75, 3.05) is 25.0 Å². The number of hydrogen-bond donors (Lipinski definition) is 1. The van der Waals surface area contributed by atoms with Crippen LogP contribution in [0.15, 0.2) is 12.1 Å². The van der Waals surface area contributed by atoms with Crippen LogP contribution in [-0.2, 0) is 12.8 Å². The fourth-order valence-corrected chi connectivity index (χ4v) is 3.15. The third-order valence-electron chi connectivity index (χ3n) is 4.02. The van der Waals surface area contributed by atoms with Crippen LogP contribution in [0.1, 0.15) is 30.5 Å². The standard InChI is InChI=1S/C14H21N3/c1-15-10-12-5-3-9-17(12)14-8-7-11-4-2-6-13(11)16-14/h7-8,12,15H,2-6,9-10H2,1H3. The maximum atomic E-state index is 4.87. The molecule has 0 aromatic carbocycles. The van der Waals surface area contributed by atoms with E-state index in [1.165, 1.54) is 49.2 Å². The van der Waals surface area contributed by atoms with Gasteiger partial charge < -0.3 is 10.2 Å². The summed E-state index contributed by atoms with van der Waals surface area (Å²) in [5, 5.41) is 3.29. The fourth-order valence-electron chi connectivity index (χ4n) is 3.15. The highest BCUT2D eigenvalue weighted by atomic mass is 15.2. The van der Waals surface area contributed by atoms with Gasteiger partial charge in [-0.25, -0.2) is 4.98 Å². The monoisotopic (exact) mass is 231 g/mol. The predicted octanol–water partition coefficient (Wildman–Crippen LogP) is 1.76. The summed E-state index contributed by atoms with van der Waals surface area (Å²) in [4.78, 5) is 7.35.